The zero-order valence-electron chi connectivity index (χ0n) is 16.2. The third-order valence-electron chi connectivity index (χ3n) is 4.40. The summed E-state index contributed by atoms with van der Waals surface area (Å²) in [5.41, 5.74) is 3.42. The van der Waals surface area contributed by atoms with Gasteiger partial charge in [-0.25, -0.2) is 4.79 Å². The second-order valence-corrected chi connectivity index (χ2v) is 7.51. The first-order valence-electron chi connectivity index (χ1n) is 8.98. The summed E-state index contributed by atoms with van der Waals surface area (Å²) in [5, 5.41) is 9.96. The van der Waals surface area contributed by atoms with Gasteiger partial charge in [0.15, 0.2) is 11.6 Å². The Bertz CT molecular complexity index is 1160. The van der Waals surface area contributed by atoms with Gasteiger partial charge in [0.05, 0.1) is 4.88 Å². The second kappa shape index (κ2) is 7.92. The number of carbonyl (C=O) groups excluding carboxylic acids is 1. The highest BCUT2D eigenvalue weighted by molar-refractivity contribution is 7.13. The number of hydrogen-bond acceptors (Lipinski definition) is 7. The van der Waals surface area contributed by atoms with Crippen LogP contribution in [0, 0.1) is 20.8 Å². The molecule has 0 aromatic carbocycles. The van der Waals surface area contributed by atoms with Crippen molar-refractivity contribution < 1.29 is 18.6 Å². The Morgan fingerprint density at radius 2 is 2.07 bits per heavy atom. The predicted octanol–water partition coefficient (Wildman–Crippen LogP) is 4.86. The Hall–Kier alpha value is -3.39. The highest BCUT2D eigenvalue weighted by atomic mass is 32.1. The number of esters is 1. The first-order chi connectivity index (χ1) is 14.0. The fourth-order valence-corrected chi connectivity index (χ4v) is 3.71. The SMILES string of the molecule is Cc1cc(-n2c(C)cc(/C=C/C(=O)OCc3cc(-c4cccs4)on3)c2C)no1. The lowest BCUT2D eigenvalue weighted by molar-refractivity contribution is -0.139. The number of rotatable bonds is 6. The summed E-state index contributed by atoms with van der Waals surface area (Å²) in [6.45, 7) is 5.83. The molecule has 7 nitrogen and oxygen atoms in total. The van der Waals surface area contributed by atoms with E-state index >= 15 is 0 Å². The Morgan fingerprint density at radius 3 is 2.79 bits per heavy atom. The van der Waals surface area contributed by atoms with Crippen molar-refractivity contribution in [3.8, 4) is 16.5 Å². The molecule has 148 valence electrons. The molecule has 4 aromatic heterocycles. The second-order valence-electron chi connectivity index (χ2n) is 6.56. The van der Waals surface area contributed by atoms with Gasteiger partial charge in [-0.1, -0.05) is 16.4 Å². The van der Waals surface area contributed by atoms with E-state index in [4.69, 9.17) is 13.8 Å². The molecule has 0 aliphatic heterocycles. The van der Waals surface area contributed by atoms with E-state index in [1.54, 1.807) is 23.5 Å². The number of aromatic nitrogens is 3. The maximum Gasteiger partial charge on any atom is 0.331 e. The van der Waals surface area contributed by atoms with Crippen LogP contribution in [0.25, 0.3) is 22.5 Å². The standard InChI is InChI=1S/C21H19N3O4S/c1-13-9-16(15(3)24(13)20-10-14(2)27-23-20)6-7-21(25)26-12-17-11-18(28-22-17)19-5-4-8-29-19/h4-11H,12H2,1-3H3/b7-6+. The minimum Gasteiger partial charge on any atom is -0.456 e. The Morgan fingerprint density at radius 1 is 1.21 bits per heavy atom. The van der Waals surface area contributed by atoms with E-state index in [0.717, 1.165) is 27.6 Å². The number of aryl methyl sites for hydroxylation is 2. The number of thiophene rings is 1. The summed E-state index contributed by atoms with van der Waals surface area (Å²) < 4.78 is 17.7. The molecule has 0 radical (unpaired) electrons. The van der Waals surface area contributed by atoms with Crippen LogP contribution in [0.15, 0.2) is 50.8 Å². The fraction of sp³-hybridized carbons (Fsp3) is 0.190. The van der Waals surface area contributed by atoms with Crippen LogP contribution in [0.5, 0.6) is 0 Å². The van der Waals surface area contributed by atoms with E-state index < -0.39 is 5.97 Å². The van der Waals surface area contributed by atoms with Crippen LogP contribution in [0.1, 0.15) is 28.4 Å². The summed E-state index contributed by atoms with van der Waals surface area (Å²) in [4.78, 5) is 13.1. The molecule has 0 atom stereocenters. The molecular formula is C21H19N3O4S. The van der Waals surface area contributed by atoms with Crippen molar-refractivity contribution in [2.75, 3.05) is 0 Å². The van der Waals surface area contributed by atoms with Crippen LogP contribution in [0.3, 0.4) is 0 Å². The molecule has 0 N–H and O–H groups in total. The first-order valence-corrected chi connectivity index (χ1v) is 9.86. The molecule has 0 fully saturated rings. The lowest BCUT2D eigenvalue weighted by Crippen LogP contribution is -2.01. The van der Waals surface area contributed by atoms with E-state index in [1.165, 1.54) is 6.08 Å². The predicted molar refractivity (Wildman–Crippen MR) is 109 cm³/mol. The summed E-state index contributed by atoms with van der Waals surface area (Å²) in [7, 11) is 0. The molecule has 0 unspecified atom stereocenters. The quantitative estimate of drug-likeness (QED) is 0.334. The van der Waals surface area contributed by atoms with E-state index in [9.17, 15) is 4.79 Å². The molecule has 4 heterocycles. The van der Waals surface area contributed by atoms with Gasteiger partial charge in [0.25, 0.3) is 0 Å². The normalized spacial score (nSPS) is 11.4. The maximum atomic E-state index is 12.1. The van der Waals surface area contributed by atoms with Crippen molar-refractivity contribution in [1.29, 1.82) is 0 Å². The van der Waals surface area contributed by atoms with Gasteiger partial charge in [-0.2, -0.15) is 0 Å². The third kappa shape index (κ3) is 4.07. The van der Waals surface area contributed by atoms with Gasteiger partial charge < -0.3 is 13.8 Å². The number of hydrogen-bond donors (Lipinski definition) is 0. The van der Waals surface area contributed by atoms with Crippen LogP contribution in [-0.2, 0) is 16.1 Å². The molecule has 0 saturated heterocycles. The third-order valence-corrected chi connectivity index (χ3v) is 5.28. The van der Waals surface area contributed by atoms with Crippen molar-refractivity contribution in [2.45, 2.75) is 27.4 Å². The summed E-state index contributed by atoms with van der Waals surface area (Å²) in [6, 6.07) is 9.50. The summed E-state index contributed by atoms with van der Waals surface area (Å²) >= 11 is 1.56. The molecule has 4 rings (SSSR count). The zero-order chi connectivity index (χ0) is 20.4. The van der Waals surface area contributed by atoms with Crippen LogP contribution in [0.2, 0.25) is 0 Å². The van der Waals surface area contributed by atoms with Crippen LogP contribution >= 0.6 is 11.3 Å². The Balaban J connectivity index is 1.40. The highest BCUT2D eigenvalue weighted by Crippen LogP contribution is 2.25. The topological polar surface area (TPSA) is 83.3 Å². The van der Waals surface area contributed by atoms with Crippen LogP contribution in [-0.4, -0.2) is 20.8 Å². The molecule has 0 spiro atoms. The largest absolute Gasteiger partial charge is 0.456 e. The maximum absolute atomic E-state index is 12.1. The van der Waals surface area contributed by atoms with Gasteiger partial charge >= 0.3 is 5.97 Å². The van der Waals surface area contributed by atoms with Crippen molar-refractivity contribution in [1.82, 2.24) is 14.9 Å². The van der Waals surface area contributed by atoms with Gasteiger partial charge in [0, 0.05) is 29.6 Å². The van der Waals surface area contributed by atoms with Gasteiger partial charge in [-0.3, -0.25) is 4.57 Å². The Labute approximate surface area is 171 Å². The highest BCUT2D eigenvalue weighted by Gasteiger charge is 2.13. The van der Waals surface area contributed by atoms with E-state index in [0.29, 0.717) is 17.3 Å². The summed E-state index contributed by atoms with van der Waals surface area (Å²) in [6.07, 6.45) is 3.13. The Kier molecular flexibility index (Phi) is 5.18. The van der Waals surface area contributed by atoms with Crippen molar-refractivity contribution in [3.05, 3.63) is 70.2 Å². The van der Waals surface area contributed by atoms with Gasteiger partial charge in [-0.05, 0) is 49.9 Å². The lowest BCUT2D eigenvalue weighted by Gasteiger charge is -2.03. The van der Waals surface area contributed by atoms with Gasteiger partial charge in [-0.15, -0.1) is 11.3 Å². The zero-order valence-corrected chi connectivity index (χ0v) is 17.0. The average molecular weight is 409 g/mol. The number of ether oxygens (including phenoxy) is 1. The average Bonchev–Trinajstić information content (AvgIpc) is 3.46. The monoisotopic (exact) mass is 409 g/mol. The van der Waals surface area contributed by atoms with E-state index in [2.05, 4.69) is 10.3 Å². The molecule has 4 aromatic rings. The molecule has 0 saturated carbocycles. The van der Waals surface area contributed by atoms with E-state index in [-0.39, 0.29) is 6.61 Å². The molecule has 29 heavy (non-hydrogen) atoms. The first kappa shape index (κ1) is 18.9. The van der Waals surface area contributed by atoms with Crippen LogP contribution < -0.4 is 0 Å². The molecule has 0 aliphatic rings. The molecular weight excluding hydrogens is 390 g/mol. The van der Waals surface area contributed by atoms with Gasteiger partial charge in [0.2, 0.25) is 0 Å². The molecule has 0 bridgehead atoms. The van der Waals surface area contributed by atoms with Crippen LogP contribution in [0.4, 0.5) is 0 Å². The van der Waals surface area contributed by atoms with E-state index in [1.807, 2.05) is 55.0 Å². The lowest BCUT2D eigenvalue weighted by atomic mass is 10.2. The van der Waals surface area contributed by atoms with Gasteiger partial charge in [0.1, 0.15) is 18.1 Å². The number of nitrogens with zero attached hydrogens (tertiary/aromatic N) is 3. The van der Waals surface area contributed by atoms with Crippen molar-refractivity contribution in [3.63, 3.8) is 0 Å². The fourth-order valence-electron chi connectivity index (χ4n) is 3.03. The summed E-state index contributed by atoms with van der Waals surface area (Å²) in [5.74, 6) is 1.67. The van der Waals surface area contributed by atoms with Crippen molar-refractivity contribution in [2.24, 2.45) is 0 Å². The minimum atomic E-state index is -0.451. The molecule has 0 amide bonds. The molecule has 0 aliphatic carbocycles. The number of carbonyl (C=O) groups is 1. The minimum absolute atomic E-state index is 0.0509. The van der Waals surface area contributed by atoms with Crippen molar-refractivity contribution >= 4 is 23.4 Å². The molecule has 8 heteroatoms. The smallest absolute Gasteiger partial charge is 0.331 e.